The van der Waals surface area contributed by atoms with Crippen LogP contribution in [-0.2, 0) is 41.6 Å². The van der Waals surface area contributed by atoms with Gasteiger partial charge in [0.25, 0.3) is 5.91 Å². The van der Waals surface area contributed by atoms with Crippen LogP contribution in [0.25, 0.3) is 22.2 Å². The number of aromatic nitrogens is 2. The first-order chi connectivity index (χ1) is 39.3. The number of likely N-dealkylation sites (tertiary alicyclic amines) is 2. The van der Waals surface area contributed by atoms with Gasteiger partial charge in [-0.25, -0.2) is 5.43 Å². The molecule has 5 fully saturated rings. The highest BCUT2D eigenvalue weighted by molar-refractivity contribution is 5.96. The Morgan fingerprint density at radius 3 is 2.28 bits per heavy atom. The summed E-state index contributed by atoms with van der Waals surface area (Å²) in [6.07, 6.45) is 9.10. The van der Waals surface area contributed by atoms with Crippen LogP contribution in [0.5, 0.6) is 0 Å². The summed E-state index contributed by atoms with van der Waals surface area (Å²) in [5.41, 5.74) is 12.2. The van der Waals surface area contributed by atoms with E-state index in [9.17, 15) is 4.79 Å². The number of anilines is 2. The van der Waals surface area contributed by atoms with Crippen molar-refractivity contribution >= 4 is 40.0 Å². The zero-order valence-corrected chi connectivity index (χ0v) is 53.0. The smallest absolute Gasteiger partial charge is 0.260 e. The number of likely N-dealkylation sites (N-methyl/N-ethyl adjacent to an activating group) is 1. The number of allylic oxidation sites excluding steroid dienone is 1. The van der Waals surface area contributed by atoms with Crippen LogP contribution in [0.3, 0.4) is 0 Å². The number of rotatable bonds is 31. The number of ether oxygens (including phenoxy) is 3. The number of unbranched alkanes of at least 4 members (excludes halogenated alkanes) is 1. The Morgan fingerprint density at radius 1 is 0.988 bits per heavy atom. The van der Waals surface area contributed by atoms with E-state index >= 15 is 9.59 Å². The molecule has 456 valence electrons. The van der Waals surface area contributed by atoms with E-state index in [0.29, 0.717) is 58.8 Å². The van der Waals surface area contributed by atoms with Gasteiger partial charge in [0.15, 0.2) is 0 Å². The van der Waals surface area contributed by atoms with Crippen molar-refractivity contribution < 1.29 is 28.6 Å². The van der Waals surface area contributed by atoms with E-state index in [4.69, 9.17) is 19.2 Å². The lowest BCUT2D eigenvalue weighted by Gasteiger charge is -2.59. The number of benzene rings is 1. The molecular weight excluding hydrogens is 1030 g/mol. The fourth-order valence-corrected chi connectivity index (χ4v) is 13.8. The van der Waals surface area contributed by atoms with E-state index < -0.39 is 18.1 Å². The number of aryl methyl sites for hydroxylation is 1. The molecule has 1 aromatic carbocycles. The summed E-state index contributed by atoms with van der Waals surface area (Å²) in [4.78, 5) is 64.4. The third kappa shape index (κ3) is 13.8. The summed E-state index contributed by atoms with van der Waals surface area (Å²) < 4.78 is 20.3. The summed E-state index contributed by atoms with van der Waals surface area (Å²) in [5.74, 6) is -0.863. The lowest BCUT2D eigenvalue weighted by Crippen LogP contribution is -2.74. The molecule has 6 atom stereocenters. The van der Waals surface area contributed by atoms with E-state index in [2.05, 4.69) is 132 Å². The van der Waals surface area contributed by atoms with Crippen LogP contribution in [0.15, 0.2) is 42.7 Å². The third-order valence-corrected chi connectivity index (χ3v) is 19.2. The van der Waals surface area contributed by atoms with Crippen LogP contribution in [0.4, 0.5) is 11.4 Å². The Morgan fingerprint density at radius 2 is 1.71 bits per heavy atom. The standard InChI is InChI=1S/C65H105N11O6/c1-16-20-27-75(66-13)63(79)58(68-62(78)59(44(5)6)76-50(24-26-56(76)77)39-69(18-3)45(7)8)60(73-40-65(41-73)42-82-43-65)46(9)38-72(32-33-80-14)49-23-25-55-52(34-49)54(36-64(11,12)17-2)61(74(55)19-4)53-35-51(37-67-57(53)47(10)81-15)71-30-28-70(29-31-71)48-21-22-48/h23,25,34-35,37,44,46-48,50,58-60,66H,7,16-22,24,26-33,36,38-43H2,1-6,8-15H3,(H,68,78). The van der Waals surface area contributed by atoms with Crippen molar-refractivity contribution in [3.05, 3.63) is 54.0 Å². The quantitative estimate of drug-likeness (QED) is 0.0595. The number of carbonyl (C=O) groups is 3. The predicted molar refractivity (Wildman–Crippen MR) is 331 cm³/mol. The van der Waals surface area contributed by atoms with Gasteiger partial charge in [-0.15, -0.1) is 0 Å². The fraction of sp³-hybridized carbons (Fsp3) is 0.723. The number of nitrogens with one attached hydrogen (secondary N) is 2. The molecule has 5 aliphatic rings. The molecule has 2 N–H and O–H groups in total. The minimum atomic E-state index is -0.934. The number of pyridine rings is 1. The molecule has 0 radical (unpaired) electrons. The highest BCUT2D eigenvalue weighted by Gasteiger charge is 2.55. The van der Waals surface area contributed by atoms with Gasteiger partial charge in [0.1, 0.15) is 12.1 Å². The maximum absolute atomic E-state index is 15.6. The second-order valence-electron chi connectivity index (χ2n) is 26.0. The number of nitrogens with zero attached hydrogens (tertiary/aromatic N) is 9. The van der Waals surface area contributed by atoms with Gasteiger partial charge in [0.2, 0.25) is 11.8 Å². The van der Waals surface area contributed by atoms with E-state index in [-0.39, 0.29) is 52.5 Å². The molecule has 8 rings (SSSR count). The SMILES string of the molecule is C=C(C)N(CC)CC1CCC(=O)N1C(C(=O)NC(C(=O)N(CCCC)NC)C(C(C)CN(CCOC)c1ccc2c(c1)c(CC(C)(C)CC)c(-c1cc(N3CCN(C4CC4)CC3)cnc1C(C)OC)n2CC)N1CC2(COC2)C1)C(C)C. The van der Waals surface area contributed by atoms with Crippen molar-refractivity contribution in [3.8, 4) is 11.3 Å². The minimum Gasteiger partial charge on any atom is -0.383 e. The van der Waals surface area contributed by atoms with Crippen molar-refractivity contribution in [2.24, 2.45) is 22.7 Å². The van der Waals surface area contributed by atoms with E-state index in [1.54, 1.807) is 26.3 Å². The summed E-state index contributed by atoms with van der Waals surface area (Å²) in [7, 11) is 5.33. The Balaban J connectivity index is 1.21. The number of amides is 3. The van der Waals surface area contributed by atoms with Crippen LogP contribution in [0.2, 0.25) is 0 Å². The lowest BCUT2D eigenvalue weighted by atomic mass is 9.74. The zero-order valence-electron chi connectivity index (χ0n) is 53.0. The van der Waals surface area contributed by atoms with E-state index in [0.717, 1.165) is 112 Å². The van der Waals surface area contributed by atoms with Gasteiger partial charge in [-0.05, 0) is 107 Å². The minimum absolute atomic E-state index is 0.00522. The number of hydrazine groups is 1. The molecule has 1 aliphatic carbocycles. The van der Waals surface area contributed by atoms with Crippen LogP contribution < -0.4 is 20.5 Å². The number of hydrogen-bond acceptors (Lipinski definition) is 13. The maximum atomic E-state index is 15.6. The van der Waals surface area contributed by atoms with Crippen molar-refractivity contribution in [3.63, 3.8) is 0 Å². The molecule has 4 aliphatic heterocycles. The Kier molecular flexibility index (Phi) is 21.2. The van der Waals surface area contributed by atoms with Crippen LogP contribution in [-0.4, -0.2) is 195 Å². The van der Waals surface area contributed by atoms with Crippen LogP contribution in [0.1, 0.15) is 138 Å². The normalized spacial score (nSPS) is 20.4. The first-order valence-corrected chi connectivity index (χ1v) is 31.5. The van der Waals surface area contributed by atoms with E-state index in [1.807, 2.05) is 25.7 Å². The average molecular weight is 1140 g/mol. The maximum Gasteiger partial charge on any atom is 0.260 e. The lowest BCUT2D eigenvalue weighted by molar-refractivity contribution is -0.205. The summed E-state index contributed by atoms with van der Waals surface area (Å²) in [5, 5.41) is 6.37. The number of piperazine rings is 1. The monoisotopic (exact) mass is 1140 g/mol. The van der Waals surface area contributed by atoms with Gasteiger partial charge >= 0.3 is 0 Å². The van der Waals surface area contributed by atoms with Gasteiger partial charge < -0.3 is 43.7 Å². The summed E-state index contributed by atoms with van der Waals surface area (Å²) in [6.45, 7) is 39.4. The molecule has 2 aromatic heterocycles. The molecule has 1 saturated carbocycles. The molecule has 17 nitrogen and oxygen atoms in total. The third-order valence-electron chi connectivity index (χ3n) is 19.2. The van der Waals surface area contributed by atoms with Gasteiger partial charge in [0, 0.05) is 152 Å². The van der Waals surface area contributed by atoms with Crippen molar-refractivity contribution in [1.29, 1.82) is 0 Å². The molecule has 6 unspecified atom stereocenters. The Hall–Kier alpha value is -4.78. The molecule has 3 amide bonds. The fourth-order valence-electron chi connectivity index (χ4n) is 13.8. The average Bonchev–Trinajstić information content (AvgIpc) is 4.03. The Bertz CT molecular complexity index is 2650. The highest BCUT2D eigenvalue weighted by atomic mass is 16.5. The highest BCUT2D eigenvalue weighted by Crippen LogP contribution is 2.45. The van der Waals surface area contributed by atoms with Gasteiger partial charge in [-0.1, -0.05) is 67.9 Å². The largest absolute Gasteiger partial charge is 0.383 e. The molecule has 82 heavy (non-hydrogen) atoms. The molecule has 3 aromatic rings. The second kappa shape index (κ2) is 27.5. The Labute approximate surface area is 492 Å². The van der Waals surface area contributed by atoms with Gasteiger partial charge in [-0.2, -0.15) is 0 Å². The van der Waals surface area contributed by atoms with Crippen LogP contribution >= 0.6 is 0 Å². The molecule has 4 saturated heterocycles. The number of hydrogen-bond donors (Lipinski definition) is 2. The topological polar surface area (TPSA) is 143 Å². The van der Waals surface area contributed by atoms with Crippen molar-refractivity contribution in [2.75, 3.05) is 123 Å². The van der Waals surface area contributed by atoms with Crippen molar-refractivity contribution in [2.45, 2.75) is 170 Å². The zero-order chi connectivity index (χ0) is 59.2. The van der Waals surface area contributed by atoms with Crippen molar-refractivity contribution in [1.82, 2.24) is 44.9 Å². The first-order valence-electron chi connectivity index (χ1n) is 31.5. The predicted octanol–water partition coefficient (Wildman–Crippen LogP) is 8.60. The second-order valence-corrected chi connectivity index (χ2v) is 26.0. The number of carbonyl (C=O) groups excluding carboxylic acids is 3. The summed E-state index contributed by atoms with van der Waals surface area (Å²) in [6, 6.07) is 7.86. The number of fused-ring (bicyclic) bond motifs is 1. The van der Waals surface area contributed by atoms with Crippen LogP contribution in [0, 0.1) is 22.7 Å². The van der Waals surface area contributed by atoms with Gasteiger partial charge in [0.05, 0.1) is 55.2 Å². The first kappa shape index (κ1) is 63.2. The summed E-state index contributed by atoms with van der Waals surface area (Å²) >= 11 is 0. The molecule has 17 heteroatoms. The van der Waals surface area contributed by atoms with E-state index in [1.165, 1.54) is 35.0 Å². The number of methoxy groups -OCH3 is 2. The molecule has 0 bridgehead atoms. The molecule has 6 heterocycles. The molecule has 1 spiro atoms. The van der Waals surface area contributed by atoms with Gasteiger partial charge in [-0.3, -0.25) is 34.2 Å². The molecular formula is C65H105N11O6.